The number of esters is 1. The Bertz CT molecular complexity index is 902. The van der Waals surface area contributed by atoms with Crippen molar-refractivity contribution in [3.05, 3.63) is 71.3 Å². The Kier molecular flexibility index (Phi) is 6.16. The third kappa shape index (κ3) is 4.63. The van der Waals surface area contributed by atoms with Gasteiger partial charge in [-0.3, -0.25) is 9.59 Å². The summed E-state index contributed by atoms with van der Waals surface area (Å²) in [6.07, 6.45) is 0.667. The lowest BCUT2D eigenvalue weighted by Crippen LogP contribution is -2.60. The number of ketones is 1. The van der Waals surface area contributed by atoms with Crippen molar-refractivity contribution in [3.8, 4) is 0 Å². The first-order valence-corrected chi connectivity index (χ1v) is 10.4. The standard InChI is InChI=1S/C25H30NO4/c1-17(23(28)30-21-15-24(2,3)26(29)25(4,5)16-21)19-12-9-13-20(14-19)22(27)18-10-7-6-8-11-18/h6-14,17,21H,15-16H2,1-5H3. The normalized spacial score (nSPS) is 19.8. The zero-order chi connectivity index (χ0) is 22.1. The molecule has 0 N–H and O–H groups in total. The molecule has 1 radical (unpaired) electrons. The van der Waals surface area contributed by atoms with E-state index in [0.29, 0.717) is 24.0 Å². The Morgan fingerprint density at radius 1 is 0.933 bits per heavy atom. The predicted molar refractivity (Wildman–Crippen MR) is 115 cm³/mol. The van der Waals surface area contributed by atoms with Crippen molar-refractivity contribution in [1.82, 2.24) is 5.06 Å². The molecule has 0 aliphatic carbocycles. The highest BCUT2D eigenvalue weighted by Gasteiger charge is 2.47. The van der Waals surface area contributed by atoms with E-state index < -0.39 is 17.0 Å². The molecule has 5 nitrogen and oxygen atoms in total. The van der Waals surface area contributed by atoms with Gasteiger partial charge in [-0.2, -0.15) is 0 Å². The number of nitrogens with zero attached hydrogens (tertiary/aromatic N) is 1. The van der Waals surface area contributed by atoms with Crippen LogP contribution in [0.15, 0.2) is 54.6 Å². The van der Waals surface area contributed by atoms with E-state index in [-0.39, 0.29) is 17.9 Å². The number of rotatable bonds is 5. The van der Waals surface area contributed by atoms with Gasteiger partial charge in [0.25, 0.3) is 0 Å². The highest BCUT2D eigenvalue weighted by molar-refractivity contribution is 6.09. The van der Waals surface area contributed by atoms with E-state index in [4.69, 9.17) is 4.74 Å². The first kappa shape index (κ1) is 22.2. The van der Waals surface area contributed by atoms with E-state index in [1.807, 2.05) is 52.0 Å². The van der Waals surface area contributed by atoms with Crippen molar-refractivity contribution in [2.24, 2.45) is 0 Å². The molecule has 0 bridgehead atoms. The molecule has 1 atom stereocenters. The van der Waals surface area contributed by atoms with E-state index in [2.05, 4.69) is 0 Å². The summed E-state index contributed by atoms with van der Waals surface area (Å²) in [4.78, 5) is 25.6. The molecule has 1 unspecified atom stereocenters. The molecule has 0 spiro atoms. The molecule has 1 heterocycles. The van der Waals surface area contributed by atoms with Gasteiger partial charge in [0.05, 0.1) is 5.92 Å². The average Bonchev–Trinajstić information content (AvgIpc) is 2.71. The quantitative estimate of drug-likeness (QED) is 0.520. The Morgan fingerprint density at radius 2 is 1.50 bits per heavy atom. The lowest BCUT2D eigenvalue weighted by Gasteiger charge is -2.49. The number of carbonyl (C=O) groups is 2. The van der Waals surface area contributed by atoms with Crippen molar-refractivity contribution < 1.29 is 19.5 Å². The van der Waals surface area contributed by atoms with Gasteiger partial charge in [0.1, 0.15) is 6.10 Å². The minimum Gasteiger partial charge on any atom is -0.462 e. The molecule has 159 valence electrons. The van der Waals surface area contributed by atoms with Crippen LogP contribution in [0.4, 0.5) is 0 Å². The van der Waals surface area contributed by atoms with Crippen LogP contribution in [0.2, 0.25) is 0 Å². The molecule has 3 rings (SSSR count). The summed E-state index contributed by atoms with van der Waals surface area (Å²) in [5, 5.41) is 13.6. The van der Waals surface area contributed by atoms with E-state index in [1.165, 1.54) is 0 Å². The maximum Gasteiger partial charge on any atom is 0.313 e. The molecular formula is C25H30NO4. The van der Waals surface area contributed by atoms with E-state index in [1.54, 1.807) is 37.3 Å². The third-order valence-corrected chi connectivity index (χ3v) is 5.88. The van der Waals surface area contributed by atoms with Crippen LogP contribution < -0.4 is 0 Å². The van der Waals surface area contributed by atoms with Crippen LogP contribution >= 0.6 is 0 Å². The van der Waals surface area contributed by atoms with Crippen LogP contribution in [0.25, 0.3) is 0 Å². The zero-order valence-corrected chi connectivity index (χ0v) is 18.3. The largest absolute Gasteiger partial charge is 0.462 e. The van der Waals surface area contributed by atoms with Crippen molar-refractivity contribution in [2.75, 3.05) is 0 Å². The molecule has 0 aromatic heterocycles. The number of ether oxygens (including phenoxy) is 1. The van der Waals surface area contributed by atoms with E-state index >= 15 is 0 Å². The second kappa shape index (κ2) is 8.32. The summed E-state index contributed by atoms with van der Waals surface area (Å²) in [5.41, 5.74) is 0.691. The van der Waals surface area contributed by atoms with Gasteiger partial charge in [0.15, 0.2) is 5.78 Å². The zero-order valence-electron chi connectivity index (χ0n) is 18.3. The average molecular weight is 409 g/mol. The third-order valence-electron chi connectivity index (χ3n) is 5.88. The number of hydrogen-bond donors (Lipinski definition) is 0. The molecule has 1 aliphatic rings. The van der Waals surface area contributed by atoms with Crippen molar-refractivity contribution in [3.63, 3.8) is 0 Å². The molecular weight excluding hydrogens is 378 g/mol. The SMILES string of the molecule is CC(C(=O)OC1CC(C)(C)N([O])C(C)(C)C1)c1cccc(C(=O)c2ccccc2)c1. The van der Waals surface area contributed by atoms with E-state index in [9.17, 15) is 14.8 Å². The van der Waals surface area contributed by atoms with Crippen molar-refractivity contribution in [1.29, 1.82) is 0 Å². The van der Waals surface area contributed by atoms with Gasteiger partial charge in [-0.15, -0.1) is 10.3 Å². The molecule has 0 amide bonds. The van der Waals surface area contributed by atoms with Crippen LogP contribution in [-0.2, 0) is 14.7 Å². The molecule has 2 aromatic carbocycles. The van der Waals surface area contributed by atoms with Crippen molar-refractivity contribution in [2.45, 2.75) is 70.6 Å². The minimum absolute atomic E-state index is 0.0793. The van der Waals surface area contributed by atoms with Gasteiger partial charge < -0.3 is 4.74 Å². The van der Waals surface area contributed by atoms with Gasteiger partial charge in [0, 0.05) is 35.0 Å². The summed E-state index contributed by atoms with van der Waals surface area (Å²) < 4.78 is 5.82. The monoisotopic (exact) mass is 408 g/mol. The number of carbonyl (C=O) groups excluding carboxylic acids is 2. The summed E-state index contributed by atoms with van der Waals surface area (Å²) in [6.45, 7) is 9.30. The van der Waals surface area contributed by atoms with Gasteiger partial charge in [-0.1, -0.05) is 48.5 Å². The summed E-state index contributed by atoms with van der Waals surface area (Å²) in [6, 6.07) is 16.2. The topological polar surface area (TPSA) is 66.5 Å². The first-order valence-electron chi connectivity index (χ1n) is 10.4. The highest BCUT2D eigenvalue weighted by atomic mass is 16.5. The fraction of sp³-hybridized carbons (Fsp3) is 0.440. The van der Waals surface area contributed by atoms with Crippen LogP contribution in [0, 0.1) is 0 Å². The molecule has 5 heteroatoms. The second-order valence-electron chi connectivity index (χ2n) is 9.43. The van der Waals surface area contributed by atoms with Crippen molar-refractivity contribution >= 4 is 11.8 Å². The lowest BCUT2D eigenvalue weighted by molar-refractivity contribution is -0.299. The smallest absolute Gasteiger partial charge is 0.313 e. The lowest BCUT2D eigenvalue weighted by atomic mass is 9.80. The molecule has 0 saturated carbocycles. The Morgan fingerprint density at radius 3 is 2.10 bits per heavy atom. The summed E-state index contributed by atoms with van der Waals surface area (Å²) in [7, 11) is 0. The molecule has 1 fully saturated rings. The fourth-order valence-electron chi connectivity index (χ4n) is 4.36. The first-order chi connectivity index (χ1) is 14.0. The van der Waals surface area contributed by atoms with Gasteiger partial charge in [-0.05, 0) is 46.2 Å². The Hall–Kier alpha value is -2.50. The maximum absolute atomic E-state index is 12.9. The Labute approximate surface area is 178 Å². The van der Waals surface area contributed by atoms with Crippen LogP contribution in [0.1, 0.15) is 74.9 Å². The fourth-order valence-corrected chi connectivity index (χ4v) is 4.36. The molecule has 1 aliphatic heterocycles. The number of piperidine rings is 1. The predicted octanol–water partition coefficient (Wildman–Crippen LogP) is 4.93. The molecule has 2 aromatic rings. The highest BCUT2D eigenvalue weighted by Crippen LogP contribution is 2.38. The number of benzene rings is 2. The van der Waals surface area contributed by atoms with Crippen LogP contribution in [-0.4, -0.2) is 34.0 Å². The van der Waals surface area contributed by atoms with Gasteiger partial charge in [-0.25, -0.2) is 0 Å². The summed E-state index contributed by atoms with van der Waals surface area (Å²) >= 11 is 0. The van der Waals surface area contributed by atoms with E-state index in [0.717, 1.165) is 10.6 Å². The maximum atomic E-state index is 12.9. The number of hydrogen-bond acceptors (Lipinski definition) is 4. The van der Waals surface area contributed by atoms with Gasteiger partial charge in [0.2, 0.25) is 0 Å². The molecule has 1 saturated heterocycles. The van der Waals surface area contributed by atoms with Crippen LogP contribution in [0.3, 0.4) is 0 Å². The second-order valence-corrected chi connectivity index (χ2v) is 9.43. The van der Waals surface area contributed by atoms with Gasteiger partial charge >= 0.3 is 5.97 Å². The summed E-state index contributed by atoms with van der Waals surface area (Å²) in [5.74, 6) is -0.926. The Balaban J connectivity index is 1.73. The minimum atomic E-state index is -0.599. The number of hydroxylamine groups is 2. The van der Waals surface area contributed by atoms with Crippen LogP contribution in [0.5, 0.6) is 0 Å². The molecule has 30 heavy (non-hydrogen) atoms.